The number of halogens is 1. The highest BCUT2D eigenvalue weighted by Gasteiger charge is 2.37. The topological polar surface area (TPSA) is 81.0 Å². The van der Waals surface area contributed by atoms with Gasteiger partial charge in [-0.25, -0.2) is 9.79 Å². The zero-order valence-corrected chi connectivity index (χ0v) is 21.8. The molecule has 0 aliphatic carbocycles. The number of likely N-dealkylation sites (N-methyl/N-ethyl adjacent to an activating group) is 1. The molecular formula is C24H20BrN3O4S2. The predicted molar refractivity (Wildman–Crippen MR) is 136 cm³/mol. The van der Waals surface area contributed by atoms with Gasteiger partial charge >= 0.3 is 5.97 Å². The number of anilines is 1. The van der Waals surface area contributed by atoms with Crippen LogP contribution < -0.4 is 19.8 Å². The highest BCUT2D eigenvalue weighted by molar-refractivity contribution is 9.10. The van der Waals surface area contributed by atoms with Crippen LogP contribution in [-0.2, 0) is 14.3 Å². The van der Waals surface area contributed by atoms with E-state index in [4.69, 9.17) is 4.74 Å². The summed E-state index contributed by atoms with van der Waals surface area (Å²) in [5, 5.41) is 1.90. The van der Waals surface area contributed by atoms with Crippen molar-refractivity contribution in [1.82, 2.24) is 4.57 Å². The number of esters is 1. The minimum absolute atomic E-state index is 0.213. The third-order valence-electron chi connectivity index (χ3n) is 5.83. The van der Waals surface area contributed by atoms with Gasteiger partial charge in [-0.3, -0.25) is 14.2 Å². The van der Waals surface area contributed by atoms with E-state index in [1.54, 1.807) is 18.7 Å². The molecule has 0 fully saturated rings. The minimum atomic E-state index is -0.662. The summed E-state index contributed by atoms with van der Waals surface area (Å²) in [6.45, 7) is 6.10. The molecule has 1 atom stereocenters. The van der Waals surface area contributed by atoms with Crippen molar-refractivity contribution in [3.05, 3.63) is 81.6 Å². The maximum atomic E-state index is 13.9. The molecule has 5 rings (SSSR count). The molecule has 2 aliphatic rings. The van der Waals surface area contributed by atoms with E-state index in [0.29, 0.717) is 38.3 Å². The first-order valence-corrected chi connectivity index (χ1v) is 13.2. The second-order valence-corrected chi connectivity index (χ2v) is 10.6. The number of benzene rings is 1. The molecular weight excluding hydrogens is 538 g/mol. The quantitative estimate of drug-likeness (QED) is 0.460. The van der Waals surface area contributed by atoms with Crippen LogP contribution in [0, 0.1) is 0 Å². The SMILES string of the molecule is CCOC(=O)C1=C(C)N=c2s/c(=C3/C(=O)N(CC)c4ccc(Br)cc43)c(=O)n2[C@@H]1c1cccs1. The number of ether oxygens (including phenoxy) is 1. The fourth-order valence-corrected chi connectivity index (χ4v) is 6.72. The van der Waals surface area contributed by atoms with Gasteiger partial charge in [-0.1, -0.05) is 33.3 Å². The molecule has 4 heterocycles. The number of rotatable bonds is 4. The van der Waals surface area contributed by atoms with Crippen LogP contribution in [0.4, 0.5) is 5.69 Å². The number of aromatic nitrogens is 1. The highest BCUT2D eigenvalue weighted by atomic mass is 79.9. The number of allylic oxidation sites excluding steroid dienone is 1. The second-order valence-electron chi connectivity index (χ2n) is 7.72. The van der Waals surface area contributed by atoms with Crippen molar-refractivity contribution in [1.29, 1.82) is 0 Å². The van der Waals surface area contributed by atoms with Crippen molar-refractivity contribution >= 4 is 61.7 Å². The van der Waals surface area contributed by atoms with E-state index < -0.39 is 12.0 Å². The summed E-state index contributed by atoms with van der Waals surface area (Å²) in [4.78, 5) is 47.8. The van der Waals surface area contributed by atoms with Crippen LogP contribution in [0.25, 0.3) is 5.57 Å². The molecule has 3 aromatic rings. The van der Waals surface area contributed by atoms with Gasteiger partial charge in [0.05, 0.1) is 29.1 Å². The Bertz CT molecular complexity index is 1550. The summed E-state index contributed by atoms with van der Waals surface area (Å²) in [6.07, 6.45) is 0. The largest absolute Gasteiger partial charge is 0.463 e. The molecule has 174 valence electrons. The van der Waals surface area contributed by atoms with Crippen molar-refractivity contribution in [2.45, 2.75) is 26.8 Å². The monoisotopic (exact) mass is 557 g/mol. The van der Waals surface area contributed by atoms with Gasteiger partial charge < -0.3 is 9.64 Å². The molecule has 2 aromatic heterocycles. The molecule has 0 N–H and O–H groups in total. The number of nitrogens with zero attached hydrogens (tertiary/aromatic N) is 3. The molecule has 1 amide bonds. The van der Waals surface area contributed by atoms with Crippen LogP contribution in [0.3, 0.4) is 0 Å². The average molecular weight is 558 g/mol. The van der Waals surface area contributed by atoms with Crippen molar-refractivity contribution < 1.29 is 14.3 Å². The van der Waals surface area contributed by atoms with E-state index in [1.165, 1.54) is 27.2 Å². The second kappa shape index (κ2) is 8.75. The summed E-state index contributed by atoms with van der Waals surface area (Å²) in [5.41, 5.74) is 2.35. The fraction of sp³-hybridized carbons (Fsp3) is 0.250. The number of hydrogen-bond acceptors (Lipinski definition) is 7. The molecule has 0 bridgehead atoms. The third kappa shape index (κ3) is 3.43. The Kier molecular flexibility index (Phi) is 5.91. The summed E-state index contributed by atoms with van der Waals surface area (Å²) < 4.78 is 7.97. The minimum Gasteiger partial charge on any atom is -0.463 e. The van der Waals surface area contributed by atoms with Gasteiger partial charge in [-0.2, -0.15) is 0 Å². The Morgan fingerprint density at radius 3 is 2.71 bits per heavy atom. The predicted octanol–water partition coefficient (Wildman–Crippen LogP) is 3.36. The zero-order chi connectivity index (χ0) is 24.1. The van der Waals surface area contributed by atoms with Gasteiger partial charge in [0.15, 0.2) is 4.80 Å². The van der Waals surface area contributed by atoms with E-state index >= 15 is 0 Å². The van der Waals surface area contributed by atoms with Crippen LogP contribution in [-0.4, -0.2) is 29.6 Å². The van der Waals surface area contributed by atoms with Crippen LogP contribution >= 0.6 is 38.6 Å². The standard InChI is InChI=1S/C24H20BrN3O4S2/c1-4-27-15-9-8-13(25)11-14(15)18(21(27)29)20-22(30)28-19(16-7-6-10-33-16)17(23(31)32-5-2)12(3)26-24(28)34-20/h6-11,19H,4-5H2,1-3H3/b20-18+/t19-/m1/s1. The van der Waals surface area contributed by atoms with Crippen LogP contribution in [0.5, 0.6) is 0 Å². The molecule has 2 aliphatic heterocycles. The first-order valence-electron chi connectivity index (χ1n) is 10.7. The molecule has 7 nitrogen and oxygen atoms in total. The Balaban J connectivity index is 1.83. The normalized spacial score (nSPS) is 18.6. The fourth-order valence-electron chi connectivity index (χ4n) is 4.39. The van der Waals surface area contributed by atoms with E-state index in [0.717, 1.165) is 15.0 Å². The lowest BCUT2D eigenvalue weighted by atomic mass is 10.0. The van der Waals surface area contributed by atoms with Gasteiger partial charge in [0.2, 0.25) is 0 Å². The van der Waals surface area contributed by atoms with Crippen molar-refractivity contribution in [3.8, 4) is 0 Å². The highest BCUT2D eigenvalue weighted by Crippen LogP contribution is 2.37. The molecule has 34 heavy (non-hydrogen) atoms. The lowest BCUT2D eigenvalue weighted by Gasteiger charge is -2.23. The number of amides is 1. The summed E-state index contributed by atoms with van der Waals surface area (Å²) in [5.74, 6) is -0.710. The van der Waals surface area contributed by atoms with Crippen LogP contribution in [0.15, 0.2) is 61.2 Å². The van der Waals surface area contributed by atoms with Gasteiger partial charge in [-0.15, -0.1) is 11.3 Å². The maximum Gasteiger partial charge on any atom is 0.338 e. The Hall–Kier alpha value is -2.82. The maximum absolute atomic E-state index is 13.9. The smallest absolute Gasteiger partial charge is 0.338 e. The molecule has 0 saturated heterocycles. The molecule has 10 heteroatoms. The van der Waals surface area contributed by atoms with Crippen LogP contribution in [0.2, 0.25) is 0 Å². The molecule has 0 radical (unpaired) electrons. The number of fused-ring (bicyclic) bond motifs is 2. The van der Waals surface area contributed by atoms with E-state index in [9.17, 15) is 14.4 Å². The van der Waals surface area contributed by atoms with Crippen molar-refractivity contribution in [2.24, 2.45) is 4.99 Å². The Labute approximate surface area is 211 Å². The lowest BCUT2D eigenvalue weighted by Crippen LogP contribution is -2.40. The summed E-state index contributed by atoms with van der Waals surface area (Å²) in [7, 11) is 0. The van der Waals surface area contributed by atoms with Gasteiger partial charge in [0.25, 0.3) is 11.5 Å². The number of carbonyl (C=O) groups excluding carboxylic acids is 2. The average Bonchev–Trinajstić information content (AvgIpc) is 3.50. The van der Waals surface area contributed by atoms with Gasteiger partial charge in [-0.05, 0) is 50.4 Å². The lowest BCUT2D eigenvalue weighted by molar-refractivity contribution is -0.139. The summed E-state index contributed by atoms with van der Waals surface area (Å²) in [6, 6.07) is 8.73. The molecule has 1 aromatic carbocycles. The van der Waals surface area contributed by atoms with Crippen molar-refractivity contribution in [3.63, 3.8) is 0 Å². The Morgan fingerprint density at radius 2 is 2.03 bits per heavy atom. The van der Waals surface area contributed by atoms with Gasteiger partial charge in [0, 0.05) is 21.5 Å². The van der Waals surface area contributed by atoms with Crippen LogP contribution in [0.1, 0.15) is 37.3 Å². The number of hydrogen-bond donors (Lipinski definition) is 0. The first-order chi connectivity index (χ1) is 16.4. The first kappa shape index (κ1) is 22.9. The van der Waals surface area contributed by atoms with E-state index in [1.807, 2.05) is 42.6 Å². The van der Waals surface area contributed by atoms with Gasteiger partial charge in [0.1, 0.15) is 10.6 Å². The van der Waals surface area contributed by atoms with E-state index in [-0.39, 0.29) is 18.1 Å². The molecule has 0 spiro atoms. The van der Waals surface area contributed by atoms with E-state index in [2.05, 4.69) is 20.9 Å². The van der Waals surface area contributed by atoms with Crippen molar-refractivity contribution in [2.75, 3.05) is 18.1 Å². The number of thiazole rings is 1. The summed E-state index contributed by atoms with van der Waals surface area (Å²) >= 11 is 6.12. The Morgan fingerprint density at radius 1 is 1.24 bits per heavy atom. The molecule has 0 unspecified atom stereocenters. The molecule has 0 saturated carbocycles. The number of thiophene rings is 1. The third-order valence-corrected chi connectivity index (χ3v) is 8.30. The zero-order valence-electron chi connectivity index (χ0n) is 18.6. The number of carbonyl (C=O) groups is 2.